The Morgan fingerprint density at radius 1 is 1.11 bits per heavy atom. The van der Waals surface area contributed by atoms with Crippen LogP contribution in [0.3, 0.4) is 0 Å². The number of halogens is 1. The van der Waals surface area contributed by atoms with Crippen molar-refractivity contribution >= 4 is 23.3 Å². The highest BCUT2D eigenvalue weighted by molar-refractivity contribution is 6.07. The molecule has 2 unspecified atom stereocenters. The van der Waals surface area contributed by atoms with Crippen LogP contribution in [0, 0.1) is 17.1 Å². The van der Waals surface area contributed by atoms with Gasteiger partial charge in [0.15, 0.2) is 0 Å². The molecule has 3 N–H and O–H groups in total. The summed E-state index contributed by atoms with van der Waals surface area (Å²) in [5.74, 6) is -3.61. The molecule has 2 heterocycles. The Bertz CT molecular complexity index is 1300. The van der Waals surface area contributed by atoms with Crippen LogP contribution in [0.15, 0.2) is 71.2 Å². The first-order valence-electron chi connectivity index (χ1n) is 11.2. The Morgan fingerprint density at radius 2 is 1.81 bits per heavy atom. The van der Waals surface area contributed by atoms with Gasteiger partial charge in [-0.05, 0) is 24.1 Å². The Balaban J connectivity index is 2.06. The number of carbonyl (C=O) groups excluding carboxylic acids is 2. The molecule has 0 amide bonds. The zero-order valence-corrected chi connectivity index (χ0v) is 19.8. The number of hydrogen-bond acceptors (Lipinski definition) is 9. The summed E-state index contributed by atoms with van der Waals surface area (Å²) in [6, 6.07) is 14.9. The van der Waals surface area contributed by atoms with Crippen LogP contribution < -0.4 is 15.5 Å². The average molecular weight is 493 g/mol. The molecular formula is C26H25FN4O5. The zero-order chi connectivity index (χ0) is 26.0. The summed E-state index contributed by atoms with van der Waals surface area (Å²) in [5.41, 5.74) is 6.75. The second-order valence-electron chi connectivity index (χ2n) is 8.33. The number of anilines is 2. The molecule has 0 spiro atoms. The van der Waals surface area contributed by atoms with E-state index in [4.69, 9.17) is 15.2 Å². The van der Waals surface area contributed by atoms with Crippen molar-refractivity contribution in [3.8, 4) is 6.07 Å². The first-order chi connectivity index (χ1) is 17.3. The summed E-state index contributed by atoms with van der Waals surface area (Å²) in [7, 11) is 2.30. The van der Waals surface area contributed by atoms with Crippen LogP contribution in [0.25, 0.3) is 0 Å². The number of β-amino-alcohol motifs (C(OH)–C–C–N with tert-alkyl or cyclic N) is 1. The number of nitrogens with two attached hydrogens (primary N) is 1. The maximum absolute atomic E-state index is 15.3. The molecule has 2 atom stereocenters. The van der Waals surface area contributed by atoms with Gasteiger partial charge in [-0.1, -0.05) is 36.4 Å². The first kappa shape index (κ1) is 24.8. The first-order valence-corrected chi connectivity index (χ1v) is 11.2. The summed E-state index contributed by atoms with van der Waals surface area (Å²) in [6.45, 7) is 0.510. The minimum Gasteiger partial charge on any atom is -0.466 e. The van der Waals surface area contributed by atoms with Crippen molar-refractivity contribution in [2.45, 2.75) is 18.4 Å². The van der Waals surface area contributed by atoms with Crippen molar-refractivity contribution in [2.24, 2.45) is 5.73 Å². The fourth-order valence-electron chi connectivity index (χ4n) is 4.71. The van der Waals surface area contributed by atoms with Gasteiger partial charge >= 0.3 is 11.9 Å². The van der Waals surface area contributed by atoms with Gasteiger partial charge in [0.05, 0.1) is 54.8 Å². The van der Waals surface area contributed by atoms with E-state index in [9.17, 15) is 20.0 Å². The fourth-order valence-corrected chi connectivity index (χ4v) is 4.71. The smallest absolute Gasteiger partial charge is 0.355 e. The van der Waals surface area contributed by atoms with Gasteiger partial charge in [-0.15, -0.1) is 0 Å². The molecule has 2 aliphatic heterocycles. The van der Waals surface area contributed by atoms with E-state index in [0.717, 1.165) is 14.2 Å². The van der Waals surface area contributed by atoms with Gasteiger partial charge in [-0.2, -0.15) is 5.26 Å². The van der Waals surface area contributed by atoms with Gasteiger partial charge < -0.3 is 25.2 Å². The molecule has 36 heavy (non-hydrogen) atoms. The van der Waals surface area contributed by atoms with E-state index in [1.807, 2.05) is 0 Å². The van der Waals surface area contributed by atoms with Crippen molar-refractivity contribution < 1.29 is 28.6 Å². The monoisotopic (exact) mass is 492 g/mol. The van der Waals surface area contributed by atoms with E-state index < -0.39 is 29.8 Å². The molecule has 186 valence electrons. The number of methoxy groups -OCH3 is 2. The number of allylic oxidation sites excluding steroid dienone is 1. The highest BCUT2D eigenvalue weighted by atomic mass is 19.1. The lowest BCUT2D eigenvalue weighted by Crippen LogP contribution is -2.41. The van der Waals surface area contributed by atoms with Crippen LogP contribution in [0.4, 0.5) is 15.8 Å². The molecule has 1 fully saturated rings. The highest BCUT2D eigenvalue weighted by Gasteiger charge is 2.44. The van der Waals surface area contributed by atoms with Gasteiger partial charge in [0.2, 0.25) is 0 Å². The number of aliphatic hydroxyl groups excluding tert-OH is 1. The lowest BCUT2D eigenvalue weighted by Gasteiger charge is -2.37. The molecule has 4 rings (SSSR count). The minimum absolute atomic E-state index is 0.0223. The molecule has 2 aromatic rings. The maximum Gasteiger partial charge on any atom is 0.355 e. The van der Waals surface area contributed by atoms with E-state index in [0.29, 0.717) is 18.5 Å². The quantitative estimate of drug-likeness (QED) is 0.604. The van der Waals surface area contributed by atoms with Crippen molar-refractivity contribution in [2.75, 3.05) is 37.1 Å². The predicted octanol–water partition coefficient (Wildman–Crippen LogP) is 2.29. The lowest BCUT2D eigenvalue weighted by atomic mass is 9.81. The third kappa shape index (κ3) is 4.14. The summed E-state index contributed by atoms with van der Waals surface area (Å²) >= 11 is 0. The topological polar surface area (TPSA) is 129 Å². The number of aliphatic hydroxyl groups is 1. The van der Waals surface area contributed by atoms with Crippen molar-refractivity contribution in [1.82, 2.24) is 0 Å². The van der Waals surface area contributed by atoms with Gasteiger partial charge in [0, 0.05) is 13.1 Å². The molecule has 0 aliphatic carbocycles. The second-order valence-corrected chi connectivity index (χ2v) is 8.33. The van der Waals surface area contributed by atoms with Crippen LogP contribution >= 0.6 is 0 Å². The van der Waals surface area contributed by atoms with E-state index in [2.05, 4.69) is 6.07 Å². The molecule has 0 saturated carbocycles. The average Bonchev–Trinajstić information content (AvgIpc) is 3.32. The number of hydrogen-bond donors (Lipinski definition) is 2. The largest absolute Gasteiger partial charge is 0.466 e. The molecule has 2 aliphatic rings. The Morgan fingerprint density at radius 3 is 2.39 bits per heavy atom. The minimum atomic E-state index is -1.03. The van der Waals surface area contributed by atoms with E-state index in [-0.39, 0.29) is 40.6 Å². The number of nitriles is 1. The second kappa shape index (κ2) is 10.1. The van der Waals surface area contributed by atoms with Crippen LogP contribution in [0.2, 0.25) is 0 Å². The molecule has 9 nitrogen and oxygen atoms in total. The van der Waals surface area contributed by atoms with Crippen LogP contribution in [0.1, 0.15) is 17.9 Å². The molecule has 10 heteroatoms. The number of nitrogens with zero attached hydrogens (tertiary/aromatic N) is 3. The molecule has 1 saturated heterocycles. The van der Waals surface area contributed by atoms with Crippen LogP contribution in [0.5, 0.6) is 0 Å². The van der Waals surface area contributed by atoms with Gasteiger partial charge in [-0.3, -0.25) is 4.90 Å². The number of para-hydroxylation sites is 1. The standard InChI is InChI=1S/C26H25FN4O5/c1-35-25(33)21-20(15-7-4-3-5-8-15)17(13-28)24(29)31(23(21)26(34)36-2)19-10-6-9-18(27)22(19)30-12-11-16(32)14-30/h3-10,16,20,32H,11-12,14,29H2,1-2H3. The Hall–Kier alpha value is -4.36. The number of carbonyl (C=O) groups is 2. The lowest BCUT2D eigenvalue weighted by molar-refractivity contribution is -0.139. The fraction of sp³-hybridized carbons (Fsp3) is 0.269. The molecule has 0 bridgehead atoms. The summed E-state index contributed by atoms with van der Waals surface area (Å²) in [6.07, 6.45) is -0.240. The summed E-state index contributed by atoms with van der Waals surface area (Å²) < 4.78 is 25.3. The Kier molecular flexibility index (Phi) is 6.94. The van der Waals surface area contributed by atoms with Crippen molar-refractivity contribution in [3.63, 3.8) is 0 Å². The van der Waals surface area contributed by atoms with Crippen molar-refractivity contribution in [1.29, 1.82) is 5.26 Å². The number of ether oxygens (including phenoxy) is 2. The van der Waals surface area contributed by atoms with Crippen LogP contribution in [-0.4, -0.2) is 50.5 Å². The molecule has 0 radical (unpaired) electrons. The molecule has 2 aromatic carbocycles. The number of esters is 2. The van der Waals surface area contributed by atoms with E-state index in [1.165, 1.54) is 23.1 Å². The van der Waals surface area contributed by atoms with Gasteiger partial charge in [-0.25, -0.2) is 14.0 Å². The highest BCUT2D eigenvalue weighted by Crippen LogP contribution is 2.46. The van der Waals surface area contributed by atoms with E-state index >= 15 is 4.39 Å². The third-order valence-corrected chi connectivity index (χ3v) is 6.30. The number of benzene rings is 2. The summed E-state index contributed by atoms with van der Waals surface area (Å²) in [5, 5.41) is 20.2. The normalized spacial score (nSPS) is 19.9. The van der Waals surface area contributed by atoms with Crippen molar-refractivity contribution in [3.05, 3.63) is 82.6 Å². The predicted molar refractivity (Wildman–Crippen MR) is 129 cm³/mol. The summed E-state index contributed by atoms with van der Waals surface area (Å²) in [4.78, 5) is 29.2. The van der Waals surface area contributed by atoms with Gasteiger partial charge in [0.1, 0.15) is 17.3 Å². The SMILES string of the molecule is COC(=O)C1=C(C(=O)OC)N(c2cccc(F)c2N2CCC(O)C2)C(N)=C(C#N)C1c1ccccc1. The molecule has 0 aromatic heterocycles. The number of rotatable bonds is 5. The van der Waals surface area contributed by atoms with E-state index in [1.54, 1.807) is 35.2 Å². The zero-order valence-electron chi connectivity index (χ0n) is 19.8. The Labute approximate surface area is 207 Å². The van der Waals surface area contributed by atoms with Crippen LogP contribution in [-0.2, 0) is 19.1 Å². The third-order valence-electron chi connectivity index (χ3n) is 6.30. The molecular weight excluding hydrogens is 467 g/mol. The van der Waals surface area contributed by atoms with Gasteiger partial charge in [0.25, 0.3) is 0 Å². The maximum atomic E-state index is 15.3.